The van der Waals surface area contributed by atoms with E-state index in [9.17, 15) is 9.59 Å². The van der Waals surface area contributed by atoms with Crippen molar-refractivity contribution in [1.82, 2.24) is 5.32 Å². The van der Waals surface area contributed by atoms with Crippen LogP contribution in [0.2, 0.25) is 0 Å². The van der Waals surface area contributed by atoms with Gasteiger partial charge in [-0.1, -0.05) is 54.6 Å². The van der Waals surface area contributed by atoms with Gasteiger partial charge in [-0.2, -0.15) is 0 Å². The van der Waals surface area contributed by atoms with E-state index in [0.29, 0.717) is 12.8 Å². The molecule has 1 amide bonds. The Kier molecular flexibility index (Phi) is 4.33. The number of carbonyl (C=O) groups excluding carboxylic acids is 2. The number of hydrogen-bond acceptors (Lipinski definition) is 2. The molecular weight excluding hydrogens is 274 g/mol. The second kappa shape index (κ2) is 6.56. The van der Waals surface area contributed by atoms with Crippen LogP contribution in [0.5, 0.6) is 0 Å². The molecule has 2 aromatic rings. The zero-order valence-electron chi connectivity index (χ0n) is 12.4. The zero-order chi connectivity index (χ0) is 15.4. The van der Waals surface area contributed by atoms with Gasteiger partial charge in [0.2, 0.25) is 5.91 Å². The molecule has 0 bridgehead atoms. The van der Waals surface area contributed by atoms with Gasteiger partial charge in [-0.05, 0) is 24.0 Å². The van der Waals surface area contributed by atoms with Gasteiger partial charge in [0, 0.05) is 24.4 Å². The van der Waals surface area contributed by atoms with E-state index in [4.69, 9.17) is 0 Å². The SMILES string of the molecule is O=C1CCC(CCC(=O)c2ccc(-c3ccccc3)cc2)N1. The Morgan fingerprint density at radius 2 is 1.68 bits per heavy atom. The van der Waals surface area contributed by atoms with E-state index in [0.717, 1.165) is 29.5 Å². The van der Waals surface area contributed by atoms with Crippen molar-refractivity contribution >= 4 is 11.7 Å². The Bertz CT molecular complexity index is 662. The summed E-state index contributed by atoms with van der Waals surface area (Å²) in [4.78, 5) is 23.4. The molecule has 0 spiro atoms. The standard InChI is InChI=1S/C19H19NO2/c21-18(12-10-17-11-13-19(22)20-17)16-8-6-15(7-9-16)14-4-2-1-3-5-14/h1-9,17H,10-13H2,(H,20,22). The molecule has 1 saturated heterocycles. The molecule has 3 rings (SSSR count). The van der Waals surface area contributed by atoms with Gasteiger partial charge < -0.3 is 5.32 Å². The van der Waals surface area contributed by atoms with Gasteiger partial charge in [0.15, 0.2) is 5.78 Å². The van der Waals surface area contributed by atoms with Crippen molar-refractivity contribution in [2.45, 2.75) is 31.7 Å². The van der Waals surface area contributed by atoms with E-state index in [1.54, 1.807) is 0 Å². The molecule has 22 heavy (non-hydrogen) atoms. The highest BCUT2D eigenvalue weighted by molar-refractivity contribution is 5.96. The van der Waals surface area contributed by atoms with Crippen molar-refractivity contribution in [3.8, 4) is 11.1 Å². The molecule has 1 aliphatic rings. The number of nitrogens with one attached hydrogen (secondary N) is 1. The minimum absolute atomic E-state index is 0.102. The molecule has 112 valence electrons. The van der Waals surface area contributed by atoms with E-state index in [1.807, 2.05) is 42.5 Å². The predicted molar refractivity (Wildman–Crippen MR) is 86.6 cm³/mol. The van der Waals surface area contributed by atoms with Crippen molar-refractivity contribution in [3.05, 3.63) is 60.2 Å². The van der Waals surface area contributed by atoms with E-state index in [-0.39, 0.29) is 17.7 Å². The van der Waals surface area contributed by atoms with E-state index >= 15 is 0 Å². The number of benzene rings is 2. The van der Waals surface area contributed by atoms with Crippen LogP contribution in [-0.4, -0.2) is 17.7 Å². The summed E-state index contributed by atoms with van der Waals surface area (Å²) in [6.45, 7) is 0. The summed E-state index contributed by atoms with van der Waals surface area (Å²) < 4.78 is 0. The molecule has 0 aromatic heterocycles. The highest BCUT2D eigenvalue weighted by Gasteiger charge is 2.21. The third-order valence-corrected chi connectivity index (χ3v) is 4.12. The fourth-order valence-electron chi connectivity index (χ4n) is 2.82. The second-order valence-corrected chi connectivity index (χ2v) is 5.71. The Morgan fingerprint density at radius 1 is 1.00 bits per heavy atom. The largest absolute Gasteiger partial charge is 0.353 e. The first kappa shape index (κ1) is 14.5. The fourth-order valence-corrected chi connectivity index (χ4v) is 2.82. The number of ketones is 1. The van der Waals surface area contributed by atoms with Crippen LogP contribution >= 0.6 is 0 Å². The number of Topliss-reactive ketones (excluding diaryl/α,β-unsaturated/α-hetero) is 1. The van der Waals surface area contributed by atoms with Gasteiger partial charge in [0.25, 0.3) is 0 Å². The number of hydrogen-bond donors (Lipinski definition) is 1. The summed E-state index contributed by atoms with van der Waals surface area (Å²) in [5.41, 5.74) is 3.00. The summed E-state index contributed by atoms with van der Waals surface area (Å²) in [5.74, 6) is 0.241. The van der Waals surface area contributed by atoms with E-state index < -0.39 is 0 Å². The monoisotopic (exact) mass is 293 g/mol. The molecule has 0 aliphatic carbocycles. The summed E-state index contributed by atoms with van der Waals surface area (Å²) in [5, 5.41) is 2.90. The molecule has 1 heterocycles. The van der Waals surface area contributed by atoms with Crippen LogP contribution < -0.4 is 5.32 Å². The zero-order valence-corrected chi connectivity index (χ0v) is 12.4. The molecule has 0 radical (unpaired) electrons. The Hall–Kier alpha value is -2.42. The van der Waals surface area contributed by atoms with Gasteiger partial charge in [0.1, 0.15) is 0 Å². The number of amides is 1. The lowest BCUT2D eigenvalue weighted by molar-refractivity contribution is -0.119. The fraction of sp³-hybridized carbons (Fsp3) is 0.263. The summed E-state index contributed by atoms with van der Waals surface area (Å²) in [7, 11) is 0. The molecular formula is C19H19NO2. The Balaban J connectivity index is 1.60. The van der Waals surface area contributed by atoms with Crippen molar-refractivity contribution in [3.63, 3.8) is 0 Å². The third-order valence-electron chi connectivity index (χ3n) is 4.12. The third kappa shape index (κ3) is 3.42. The lowest BCUT2D eigenvalue weighted by Crippen LogP contribution is -2.25. The van der Waals surface area contributed by atoms with Crippen molar-refractivity contribution in [2.75, 3.05) is 0 Å². The maximum atomic E-state index is 12.2. The lowest BCUT2D eigenvalue weighted by Gasteiger charge is -2.09. The molecule has 1 atom stereocenters. The predicted octanol–water partition coefficient (Wildman–Crippen LogP) is 3.60. The lowest BCUT2D eigenvalue weighted by atomic mass is 9.99. The molecule has 1 aliphatic heterocycles. The second-order valence-electron chi connectivity index (χ2n) is 5.71. The summed E-state index contributed by atoms with van der Waals surface area (Å²) in [6, 6.07) is 18.0. The molecule has 3 nitrogen and oxygen atoms in total. The van der Waals surface area contributed by atoms with Crippen LogP contribution in [-0.2, 0) is 4.79 Å². The highest BCUT2D eigenvalue weighted by atomic mass is 16.2. The molecule has 1 unspecified atom stereocenters. The molecule has 1 N–H and O–H groups in total. The first-order valence-electron chi connectivity index (χ1n) is 7.70. The van der Waals surface area contributed by atoms with Crippen LogP contribution in [0.4, 0.5) is 0 Å². The Labute approximate surface area is 130 Å². The van der Waals surface area contributed by atoms with Gasteiger partial charge in [-0.3, -0.25) is 9.59 Å². The minimum Gasteiger partial charge on any atom is -0.353 e. The van der Waals surface area contributed by atoms with Gasteiger partial charge >= 0.3 is 0 Å². The summed E-state index contributed by atoms with van der Waals surface area (Å²) >= 11 is 0. The van der Waals surface area contributed by atoms with Gasteiger partial charge in [-0.25, -0.2) is 0 Å². The van der Waals surface area contributed by atoms with E-state index in [2.05, 4.69) is 17.4 Å². The Morgan fingerprint density at radius 3 is 2.32 bits per heavy atom. The van der Waals surface area contributed by atoms with Crippen LogP contribution in [0.15, 0.2) is 54.6 Å². The first-order valence-corrected chi connectivity index (χ1v) is 7.70. The highest BCUT2D eigenvalue weighted by Crippen LogP contribution is 2.20. The van der Waals surface area contributed by atoms with Crippen LogP contribution in [0.1, 0.15) is 36.0 Å². The number of rotatable bonds is 5. The molecule has 2 aromatic carbocycles. The van der Waals surface area contributed by atoms with Crippen LogP contribution in [0, 0.1) is 0 Å². The molecule has 3 heteroatoms. The van der Waals surface area contributed by atoms with Crippen molar-refractivity contribution in [1.29, 1.82) is 0 Å². The van der Waals surface area contributed by atoms with Gasteiger partial charge in [-0.15, -0.1) is 0 Å². The quantitative estimate of drug-likeness (QED) is 0.856. The molecule has 1 fully saturated rings. The van der Waals surface area contributed by atoms with Crippen LogP contribution in [0.3, 0.4) is 0 Å². The average molecular weight is 293 g/mol. The van der Waals surface area contributed by atoms with Crippen molar-refractivity contribution in [2.24, 2.45) is 0 Å². The smallest absolute Gasteiger partial charge is 0.220 e. The minimum atomic E-state index is 0.102. The topological polar surface area (TPSA) is 46.2 Å². The summed E-state index contributed by atoms with van der Waals surface area (Å²) in [6.07, 6.45) is 2.64. The van der Waals surface area contributed by atoms with Crippen molar-refractivity contribution < 1.29 is 9.59 Å². The maximum absolute atomic E-state index is 12.2. The van der Waals surface area contributed by atoms with Gasteiger partial charge in [0.05, 0.1) is 0 Å². The van der Waals surface area contributed by atoms with Crippen LogP contribution in [0.25, 0.3) is 11.1 Å². The normalized spacial score (nSPS) is 17.3. The molecule has 0 saturated carbocycles. The first-order chi connectivity index (χ1) is 10.7. The maximum Gasteiger partial charge on any atom is 0.220 e. The van der Waals surface area contributed by atoms with E-state index in [1.165, 1.54) is 0 Å². The number of carbonyl (C=O) groups is 2. The average Bonchev–Trinajstić information content (AvgIpc) is 2.99.